The predicted octanol–water partition coefficient (Wildman–Crippen LogP) is 3.92. The molecule has 0 unspecified atom stereocenters. The van der Waals surface area contributed by atoms with Gasteiger partial charge in [0, 0.05) is 30.9 Å². The summed E-state index contributed by atoms with van der Waals surface area (Å²) in [7, 11) is 0. The van der Waals surface area contributed by atoms with Crippen LogP contribution in [-0.2, 0) is 11.2 Å². The third-order valence-corrected chi connectivity index (χ3v) is 4.34. The molecule has 1 N–H and O–H groups in total. The molecule has 1 heterocycles. The molecule has 0 aliphatic rings. The Morgan fingerprint density at radius 1 is 1.07 bits per heavy atom. The van der Waals surface area contributed by atoms with E-state index in [2.05, 4.69) is 34.3 Å². The number of benzene rings is 2. The average Bonchev–Trinajstić information content (AvgIpc) is 3.18. The third-order valence-electron chi connectivity index (χ3n) is 4.34. The zero-order valence-electron chi connectivity index (χ0n) is 15.6. The van der Waals surface area contributed by atoms with Gasteiger partial charge in [0.05, 0.1) is 12.1 Å². The number of nitrogens with one attached hydrogen (secondary N) is 1. The number of carbonyl (C=O) groups excluding carboxylic acids is 1. The zero-order valence-corrected chi connectivity index (χ0v) is 15.6. The Bertz CT molecular complexity index is 831. The molecule has 0 saturated heterocycles. The molecule has 0 saturated carbocycles. The fourth-order valence-electron chi connectivity index (χ4n) is 2.93. The molecule has 140 valence electrons. The van der Waals surface area contributed by atoms with Crippen molar-refractivity contribution in [2.45, 2.75) is 19.8 Å². The molecule has 0 radical (unpaired) electrons. The molecule has 27 heavy (non-hydrogen) atoms. The highest BCUT2D eigenvalue weighted by atomic mass is 16.3. The molecule has 2 aromatic carbocycles. The number of amides is 1. The van der Waals surface area contributed by atoms with Crippen LogP contribution in [0.25, 0.3) is 11.5 Å². The van der Waals surface area contributed by atoms with Crippen LogP contribution in [0.5, 0.6) is 0 Å². The van der Waals surface area contributed by atoms with Crippen LogP contribution in [0.1, 0.15) is 19.0 Å². The van der Waals surface area contributed by atoms with Crippen molar-refractivity contribution in [3.8, 4) is 11.5 Å². The molecule has 0 spiro atoms. The van der Waals surface area contributed by atoms with Crippen molar-refractivity contribution >= 4 is 11.6 Å². The smallest absolute Gasteiger partial charge is 0.226 e. The van der Waals surface area contributed by atoms with Crippen LogP contribution >= 0.6 is 0 Å². The van der Waals surface area contributed by atoms with Crippen molar-refractivity contribution in [2.75, 3.05) is 24.5 Å². The standard InChI is InChI=1S/C22H25N3O2/c1-2-25(20-12-7-4-8-13-20)15-9-14-23-21(26)16-19-17-27-22(24-19)18-10-5-3-6-11-18/h3-8,10-13,17H,2,9,14-16H2,1H3,(H,23,26). The van der Waals surface area contributed by atoms with E-state index in [-0.39, 0.29) is 12.3 Å². The Morgan fingerprint density at radius 3 is 2.48 bits per heavy atom. The monoisotopic (exact) mass is 363 g/mol. The van der Waals surface area contributed by atoms with E-state index in [1.54, 1.807) is 6.26 Å². The van der Waals surface area contributed by atoms with Crippen molar-refractivity contribution in [2.24, 2.45) is 0 Å². The minimum absolute atomic E-state index is 0.0364. The summed E-state index contributed by atoms with van der Waals surface area (Å²) in [6.07, 6.45) is 2.67. The SMILES string of the molecule is CCN(CCCNC(=O)Cc1coc(-c2ccccc2)n1)c1ccccc1. The average molecular weight is 363 g/mol. The van der Waals surface area contributed by atoms with Gasteiger partial charge in [-0.15, -0.1) is 0 Å². The first-order valence-electron chi connectivity index (χ1n) is 9.33. The summed E-state index contributed by atoms with van der Waals surface area (Å²) in [6.45, 7) is 4.63. The molecule has 5 nitrogen and oxygen atoms in total. The lowest BCUT2D eigenvalue weighted by Crippen LogP contribution is -2.30. The summed E-state index contributed by atoms with van der Waals surface area (Å²) in [4.78, 5) is 18.8. The third kappa shape index (κ3) is 5.45. The Labute approximate surface area is 160 Å². The highest BCUT2D eigenvalue weighted by Crippen LogP contribution is 2.18. The van der Waals surface area contributed by atoms with Crippen LogP contribution in [-0.4, -0.2) is 30.5 Å². The normalized spacial score (nSPS) is 10.6. The Morgan fingerprint density at radius 2 is 1.78 bits per heavy atom. The highest BCUT2D eigenvalue weighted by molar-refractivity contribution is 5.78. The maximum atomic E-state index is 12.1. The molecule has 0 aliphatic carbocycles. The number of aromatic nitrogens is 1. The summed E-state index contributed by atoms with van der Waals surface area (Å²) >= 11 is 0. The summed E-state index contributed by atoms with van der Waals surface area (Å²) in [5.74, 6) is 0.505. The zero-order chi connectivity index (χ0) is 18.9. The molecule has 0 atom stereocenters. The number of para-hydroxylation sites is 1. The lowest BCUT2D eigenvalue weighted by atomic mass is 10.2. The van der Waals surface area contributed by atoms with E-state index in [0.29, 0.717) is 18.1 Å². The molecule has 3 aromatic rings. The maximum absolute atomic E-state index is 12.1. The van der Waals surface area contributed by atoms with Gasteiger partial charge in [-0.25, -0.2) is 4.98 Å². The largest absolute Gasteiger partial charge is 0.444 e. The van der Waals surface area contributed by atoms with Crippen molar-refractivity contribution in [3.05, 3.63) is 72.6 Å². The second-order valence-electron chi connectivity index (χ2n) is 6.31. The van der Waals surface area contributed by atoms with Gasteiger partial charge in [0.25, 0.3) is 0 Å². The number of hydrogen-bond donors (Lipinski definition) is 1. The van der Waals surface area contributed by atoms with Gasteiger partial charge in [0.15, 0.2) is 0 Å². The van der Waals surface area contributed by atoms with E-state index in [1.807, 2.05) is 48.5 Å². The molecule has 0 fully saturated rings. The summed E-state index contributed by atoms with van der Waals surface area (Å²) in [6, 6.07) is 20.0. The van der Waals surface area contributed by atoms with Gasteiger partial charge >= 0.3 is 0 Å². The van der Waals surface area contributed by atoms with E-state index in [0.717, 1.165) is 25.1 Å². The molecule has 0 aliphatic heterocycles. The van der Waals surface area contributed by atoms with Gasteiger partial charge in [-0.3, -0.25) is 4.79 Å². The van der Waals surface area contributed by atoms with Gasteiger partial charge in [-0.1, -0.05) is 36.4 Å². The lowest BCUT2D eigenvalue weighted by molar-refractivity contribution is -0.120. The van der Waals surface area contributed by atoms with Gasteiger partial charge in [0.2, 0.25) is 11.8 Å². The number of carbonyl (C=O) groups is 1. The number of oxazole rings is 1. The topological polar surface area (TPSA) is 58.4 Å². The van der Waals surface area contributed by atoms with E-state index in [4.69, 9.17) is 4.42 Å². The minimum atomic E-state index is -0.0364. The summed E-state index contributed by atoms with van der Waals surface area (Å²) < 4.78 is 5.47. The number of nitrogens with zero attached hydrogens (tertiary/aromatic N) is 2. The van der Waals surface area contributed by atoms with Crippen molar-refractivity contribution < 1.29 is 9.21 Å². The van der Waals surface area contributed by atoms with Gasteiger partial charge in [-0.2, -0.15) is 0 Å². The van der Waals surface area contributed by atoms with Crippen molar-refractivity contribution in [1.82, 2.24) is 10.3 Å². The minimum Gasteiger partial charge on any atom is -0.444 e. The second-order valence-corrected chi connectivity index (χ2v) is 6.31. The van der Waals surface area contributed by atoms with Crippen molar-refractivity contribution in [1.29, 1.82) is 0 Å². The number of rotatable bonds is 9. The molecular weight excluding hydrogens is 338 g/mol. The first kappa shape index (κ1) is 18.7. The van der Waals surface area contributed by atoms with Gasteiger partial charge in [0.1, 0.15) is 6.26 Å². The first-order chi connectivity index (χ1) is 13.3. The number of hydrogen-bond acceptors (Lipinski definition) is 4. The number of anilines is 1. The van der Waals surface area contributed by atoms with Gasteiger partial charge < -0.3 is 14.6 Å². The van der Waals surface area contributed by atoms with E-state index in [1.165, 1.54) is 5.69 Å². The van der Waals surface area contributed by atoms with Crippen LogP contribution in [0.2, 0.25) is 0 Å². The Kier molecular flexibility index (Phi) is 6.63. The fourth-order valence-corrected chi connectivity index (χ4v) is 2.93. The quantitative estimate of drug-likeness (QED) is 0.586. The molecule has 5 heteroatoms. The first-order valence-corrected chi connectivity index (χ1v) is 9.33. The molecular formula is C22H25N3O2. The Balaban J connectivity index is 1.42. The van der Waals surface area contributed by atoms with Crippen molar-refractivity contribution in [3.63, 3.8) is 0 Å². The molecule has 3 rings (SSSR count). The highest BCUT2D eigenvalue weighted by Gasteiger charge is 2.10. The van der Waals surface area contributed by atoms with E-state index < -0.39 is 0 Å². The van der Waals surface area contributed by atoms with Crippen LogP contribution in [0.15, 0.2) is 71.3 Å². The van der Waals surface area contributed by atoms with E-state index in [9.17, 15) is 4.79 Å². The fraction of sp³-hybridized carbons (Fsp3) is 0.273. The molecule has 1 amide bonds. The summed E-state index contributed by atoms with van der Waals surface area (Å²) in [5, 5.41) is 2.96. The second kappa shape index (κ2) is 9.57. The molecule has 0 bridgehead atoms. The summed E-state index contributed by atoms with van der Waals surface area (Å²) in [5.41, 5.74) is 2.76. The lowest BCUT2D eigenvalue weighted by Gasteiger charge is -2.23. The Hall–Kier alpha value is -3.08. The van der Waals surface area contributed by atoms with Crippen LogP contribution in [0.4, 0.5) is 5.69 Å². The predicted molar refractivity (Wildman–Crippen MR) is 108 cm³/mol. The molecule has 1 aromatic heterocycles. The van der Waals surface area contributed by atoms with Gasteiger partial charge in [-0.05, 0) is 37.6 Å². The maximum Gasteiger partial charge on any atom is 0.226 e. The van der Waals surface area contributed by atoms with E-state index >= 15 is 0 Å². The van der Waals surface area contributed by atoms with Crippen LogP contribution in [0.3, 0.4) is 0 Å². The van der Waals surface area contributed by atoms with Crippen LogP contribution in [0, 0.1) is 0 Å². The van der Waals surface area contributed by atoms with Crippen LogP contribution < -0.4 is 10.2 Å².